The molecule has 0 aliphatic heterocycles. The minimum Gasteiger partial charge on any atom is -0.497 e. The minimum absolute atomic E-state index is 0.114. The second-order valence-electron chi connectivity index (χ2n) is 4.93. The van der Waals surface area contributed by atoms with Crippen molar-refractivity contribution in [3.05, 3.63) is 48.0 Å². The number of hydrazine groups is 1. The first-order valence-corrected chi connectivity index (χ1v) is 7.03. The summed E-state index contributed by atoms with van der Waals surface area (Å²) in [6.45, 7) is 0. The summed E-state index contributed by atoms with van der Waals surface area (Å²) < 4.78 is 23.4. The molecule has 0 radical (unpaired) electrons. The van der Waals surface area contributed by atoms with Crippen molar-refractivity contribution in [1.29, 1.82) is 0 Å². The topological polar surface area (TPSA) is 88.3 Å². The number of pyridine rings is 1. The monoisotopic (exact) mass is 330 g/mol. The Kier molecular flexibility index (Phi) is 4.19. The maximum Gasteiger partial charge on any atom is 0.286 e. The first-order chi connectivity index (χ1) is 11.6. The van der Waals surface area contributed by atoms with Gasteiger partial charge >= 0.3 is 0 Å². The Morgan fingerprint density at radius 1 is 1.21 bits per heavy atom. The molecule has 8 heteroatoms. The predicted molar refractivity (Wildman–Crippen MR) is 86.7 cm³/mol. The summed E-state index contributed by atoms with van der Waals surface area (Å²) >= 11 is 0. The number of rotatable bonds is 5. The number of fused-ring (bicyclic) bond motifs is 1. The molecule has 0 atom stereocenters. The molecule has 0 aliphatic carbocycles. The maximum absolute atomic E-state index is 13.6. The van der Waals surface area contributed by atoms with E-state index in [-0.39, 0.29) is 5.88 Å². The molecule has 7 nitrogen and oxygen atoms in total. The van der Waals surface area contributed by atoms with Crippen LogP contribution in [0.15, 0.2) is 36.5 Å². The van der Waals surface area contributed by atoms with E-state index in [2.05, 4.69) is 20.8 Å². The summed E-state index contributed by atoms with van der Waals surface area (Å²) in [7, 11) is 2.90. The molecule has 1 aromatic carbocycles. The molecule has 0 saturated heterocycles. The summed E-state index contributed by atoms with van der Waals surface area (Å²) in [6, 6.07) is 8.30. The van der Waals surface area contributed by atoms with Crippen molar-refractivity contribution in [2.24, 2.45) is 0 Å². The molecule has 2 heterocycles. The number of anilines is 1. The quantitative estimate of drug-likeness (QED) is 0.626. The average molecular weight is 330 g/mol. The van der Waals surface area contributed by atoms with Gasteiger partial charge in [-0.25, -0.2) is 9.37 Å². The Hall–Kier alpha value is -3.29. The summed E-state index contributed by atoms with van der Waals surface area (Å²) in [6.07, 6.45) is 1.35. The third kappa shape index (κ3) is 3.07. The van der Waals surface area contributed by atoms with Gasteiger partial charge in [-0.1, -0.05) is 0 Å². The average Bonchev–Trinajstić information content (AvgIpc) is 3.02. The Morgan fingerprint density at radius 2 is 2.04 bits per heavy atom. The molecular weight excluding hydrogens is 315 g/mol. The molecule has 3 rings (SSSR count). The highest BCUT2D eigenvalue weighted by atomic mass is 19.1. The van der Waals surface area contributed by atoms with E-state index in [4.69, 9.17) is 9.47 Å². The van der Waals surface area contributed by atoms with Crippen LogP contribution >= 0.6 is 0 Å². The first kappa shape index (κ1) is 15.6. The van der Waals surface area contributed by atoms with Gasteiger partial charge in [-0.3, -0.25) is 15.6 Å². The number of amides is 1. The van der Waals surface area contributed by atoms with Gasteiger partial charge in [-0.2, -0.15) is 0 Å². The van der Waals surface area contributed by atoms with Crippen LogP contribution in [0.5, 0.6) is 11.6 Å². The lowest BCUT2D eigenvalue weighted by atomic mass is 10.2. The molecule has 0 spiro atoms. The fraction of sp³-hybridized carbons (Fsp3) is 0.125. The van der Waals surface area contributed by atoms with Crippen LogP contribution in [0, 0.1) is 5.82 Å². The number of hydrogen-bond donors (Lipinski definition) is 3. The molecule has 0 fully saturated rings. The van der Waals surface area contributed by atoms with Crippen molar-refractivity contribution >= 4 is 22.5 Å². The zero-order chi connectivity index (χ0) is 17.1. The van der Waals surface area contributed by atoms with Crippen LogP contribution in [0.1, 0.15) is 10.5 Å². The minimum atomic E-state index is -0.630. The van der Waals surface area contributed by atoms with Crippen LogP contribution in [0.3, 0.4) is 0 Å². The number of nitrogens with zero attached hydrogens (tertiary/aromatic N) is 1. The van der Waals surface area contributed by atoms with E-state index in [1.54, 1.807) is 19.2 Å². The van der Waals surface area contributed by atoms with Gasteiger partial charge in [-0.05, 0) is 24.3 Å². The van der Waals surface area contributed by atoms with E-state index in [0.29, 0.717) is 17.1 Å². The Balaban J connectivity index is 1.71. The number of halogens is 1. The number of H-pyrrole nitrogens is 1. The van der Waals surface area contributed by atoms with Crippen LogP contribution in [0.25, 0.3) is 10.9 Å². The lowest BCUT2D eigenvalue weighted by molar-refractivity contribution is 0.0958. The highest BCUT2D eigenvalue weighted by Gasteiger charge is 2.11. The van der Waals surface area contributed by atoms with E-state index in [0.717, 1.165) is 10.9 Å². The predicted octanol–water partition coefficient (Wildman–Crippen LogP) is 2.48. The zero-order valence-corrected chi connectivity index (χ0v) is 13.0. The van der Waals surface area contributed by atoms with Crippen molar-refractivity contribution in [1.82, 2.24) is 15.4 Å². The van der Waals surface area contributed by atoms with Gasteiger partial charge in [0.2, 0.25) is 5.88 Å². The number of ether oxygens (including phenoxy) is 2. The Bertz CT molecular complexity index is 894. The molecule has 3 N–H and O–H groups in total. The number of carbonyl (C=O) groups is 1. The first-order valence-electron chi connectivity index (χ1n) is 7.03. The lowest BCUT2D eigenvalue weighted by Crippen LogP contribution is -2.29. The van der Waals surface area contributed by atoms with Crippen molar-refractivity contribution in [3.63, 3.8) is 0 Å². The summed E-state index contributed by atoms with van der Waals surface area (Å²) in [5.41, 5.74) is 6.52. The van der Waals surface area contributed by atoms with E-state index in [1.165, 1.54) is 19.4 Å². The van der Waals surface area contributed by atoms with Gasteiger partial charge in [-0.15, -0.1) is 0 Å². The van der Waals surface area contributed by atoms with Gasteiger partial charge in [0.25, 0.3) is 5.91 Å². The van der Waals surface area contributed by atoms with E-state index in [1.807, 2.05) is 12.1 Å². The van der Waals surface area contributed by atoms with E-state index in [9.17, 15) is 9.18 Å². The maximum atomic E-state index is 13.6. The normalized spacial score (nSPS) is 10.5. The third-order valence-corrected chi connectivity index (χ3v) is 3.39. The fourth-order valence-corrected chi connectivity index (χ4v) is 2.20. The van der Waals surface area contributed by atoms with Crippen LogP contribution in [0.2, 0.25) is 0 Å². The Morgan fingerprint density at radius 3 is 2.75 bits per heavy atom. The van der Waals surface area contributed by atoms with E-state index >= 15 is 0 Å². The van der Waals surface area contributed by atoms with Crippen LogP contribution in [0.4, 0.5) is 10.1 Å². The van der Waals surface area contributed by atoms with E-state index < -0.39 is 11.7 Å². The molecule has 0 saturated carbocycles. The number of carbonyl (C=O) groups excluding carboxylic acids is 1. The molecule has 0 unspecified atom stereocenters. The number of nitrogens with one attached hydrogen (secondary N) is 3. The third-order valence-electron chi connectivity index (χ3n) is 3.39. The van der Waals surface area contributed by atoms with Crippen molar-refractivity contribution < 1.29 is 18.7 Å². The highest BCUT2D eigenvalue weighted by molar-refractivity contribution is 5.98. The number of aromatic nitrogens is 2. The molecule has 124 valence electrons. The standard InChI is InChI=1S/C16H15FN4O3/c1-23-11-3-4-13-9(5-11)6-14(19-13)15(22)21-20-10-7-12(17)16(24-2)18-8-10/h3-8,19-20H,1-2H3,(H,21,22). The number of aromatic amines is 1. The van der Waals surface area contributed by atoms with Gasteiger partial charge in [0.05, 0.1) is 26.1 Å². The van der Waals surface area contributed by atoms with Crippen molar-refractivity contribution in [2.75, 3.05) is 19.6 Å². The molecular formula is C16H15FN4O3. The summed E-state index contributed by atoms with van der Waals surface area (Å²) in [5, 5.41) is 0.844. The molecule has 2 aromatic heterocycles. The van der Waals surface area contributed by atoms with Crippen LogP contribution in [-0.4, -0.2) is 30.1 Å². The number of benzene rings is 1. The second kappa shape index (κ2) is 6.45. The molecule has 0 bridgehead atoms. The number of hydrogen-bond acceptors (Lipinski definition) is 5. The summed E-state index contributed by atoms with van der Waals surface area (Å²) in [4.78, 5) is 18.9. The van der Waals surface area contributed by atoms with Crippen molar-refractivity contribution in [3.8, 4) is 11.6 Å². The molecule has 1 amide bonds. The van der Waals surface area contributed by atoms with Gasteiger partial charge in [0, 0.05) is 17.0 Å². The zero-order valence-electron chi connectivity index (χ0n) is 13.0. The number of methoxy groups -OCH3 is 2. The van der Waals surface area contributed by atoms with Crippen LogP contribution < -0.4 is 20.3 Å². The van der Waals surface area contributed by atoms with Gasteiger partial charge < -0.3 is 14.5 Å². The molecule has 0 aliphatic rings. The fourth-order valence-electron chi connectivity index (χ4n) is 2.20. The Labute approximate surface area is 136 Å². The van der Waals surface area contributed by atoms with Crippen LogP contribution in [-0.2, 0) is 0 Å². The van der Waals surface area contributed by atoms with Gasteiger partial charge in [0.15, 0.2) is 5.82 Å². The van der Waals surface area contributed by atoms with Gasteiger partial charge in [0.1, 0.15) is 11.4 Å². The largest absolute Gasteiger partial charge is 0.497 e. The summed E-state index contributed by atoms with van der Waals surface area (Å²) in [5.74, 6) is -0.446. The van der Waals surface area contributed by atoms with Crippen molar-refractivity contribution in [2.45, 2.75) is 0 Å². The molecule has 24 heavy (non-hydrogen) atoms. The highest BCUT2D eigenvalue weighted by Crippen LogP contribution is 2.21. The second-order valence-corrected chi connectivity index (χ2v) is 4.93. The smallest absolute Gasteiger partial charge is 0.286 e. The lowest BCUT2D eigenvalue weighted by Gasteiger charge is -2.08. The SMILES string of the molecule is COc1ccc2[nH]c(C(=O)NNc3cnc(OC)c(F)c3)cc2c1. The molecule has 3 aromatic rings.